The number of amides is 2. The number of nitrogens with one attached hydrogen (secondary N) is 1. The molecule has 0 aromatic heterocycles. The Morgan fingerprint density at radius 3 is 2.84 bits per heavy atom. The van der Waals surface area contributed by atoms with Gasteiger partial charge < -0.3 is 20.7 Å². The van der Waals surface area contributed by atoms with Crippen LogP contribution in [0.3, 0.4) is 0 Å². The van der Waals surface area contributed by atoms with E-state index in [1.54, 1.807) is 19.2 Å². The Balaban J connectivity index is 1.70. The lowest BCUT2D eigenvalue weighted by molar-refractivity contribution is -0.138. The predicted octanol–water partition coefficient (Wildman–Crippen LogP) is 1.25. The van der Waals surface area contributed by atoms with Gasteiger partial charge in [0.05, 0.1) is 11.8 Å². The summed E-state index contributed by atoms with van der Waals surface area (Å²) < 4.78 is 19.3. The minimum Gasteiger partial charge on any atom is -0.381 e. The first-order valence-corrected chi connectivity index (χ1v) is 8.54. The Morgan fingerprint density at radius 1 is 1.44 bits per heavy atom. The summed E-state index contributed by atoms with van der Waals surface area (Å²) in [7, 11) is 1.58. The van der Waals surface area contributed by atoms with Crippen molar-refractivity contribution < 1.29 is 18.7 Å². The van der Waals surface area contributed by atoms with E-state index in [-0.39, 0.29) is 23.6 Å². The number of benzene rings is 1. The number of rotatable bonds is 4. The number of methoxy groups -OCH3 is 1. The summed E-state index contributed by atoms with van der Waals surface area (Å²) in [6.07, 6.45) is 2.07. The quantitative estimate of drug-likeness (QED) is 0.857. The largest absolute Gasteiger partial charge is 0.381 e. The average molecular weight is 349 g/mol. The minimum absolute atomic E-state index is 0.0179. The molecule has 0 spiro atoms. The van der Waals surface area contributed by atoms with E-state index in [1.807, 2.05) is 6.92 Å². The second kappa shape index (κ2) is 6.72. The van der Waals surface area contributed by atoms with Crippen LogP contribution >= 0.6 is 0 Å². The summed E-state index contributed by atoms with van der Waals surface area (Å²) in [6, 6.07) is 3.99. The van der Waals surface area contributed by atoms with Crippen molar-refractivity contribution in [2.24, 2.45) is 5.73 Å². The van der Waals surface area contributed by atoms with Gasteiger partial charge in [-0.3, -0.25) is 9.59 Å². The van der Waals surface area contributed by atoms with E-state index in [1.165, 1.54) is 11.0 Å². The molecule has 0 radical (unpaired) electrons. The second-order valence-electron chi connectivity index (χ2n) is 7.04. The summed E-state index contributed by atoms with van der Waals surface area (Å²) >= 11 is 0. The first kappa shape index (κ1) is 17.8. The number of nitrogens with zero attached hydrogens (tertiary/aromatic N) is 1. The van der Waals surface area contributed by atoms with E-state index in [2.05, 4.69) is 5.32 Å². The van der Waals surface area contributed by atoms with E-state index in [4.69, 9.17) is 10.5 Å². The zero-order valence-corrected chi connectivity index (χ0v) is 14.5. The number of halogens is 1. The molecule has 2 amide bonds. The van der Waals surface area contributed by atoms with Crippen LogP contribution in [0.5, 0.6) is 0 Å². The first-order valence-electron chi connectivity index (χ1n) is 8.54. The fourth-order valence-corrected chi connectivity index (χ4v) is 3.48. The van der Waals surface area contributed by atoms with Crippen LogP contribution in [0.1, 0.15) is 31.2 Å². The number of anilines is 1. The number of piperidine rings is 1. The van der Waals surface area contributed by atoms with Crippen molar-refractivity contribution in [1.29, 1.82) is 0 Å². The molecule has 3 N–H and O–H groups in total. The van der Waals surface area contributed by atoms with Crippen LogP contribution in [0.2, 0.25) is 0 Å². The Kier molecular flexibility index (Phi) is 4.79. The van der Waals surface area contributed by atoms with Crippen molar-refractivity contribution >= 4 is 17.5 Å². The van der Waals surface area contributed by atoms with Gasteiger partial charge in [-0.05, 0) is 37.5 Å². The maximum absolute atomic E-state index is 14.1. The number of hydrogen-bond donors (Lipinski definition) is 2. The molecule has 0 bridgehead atoms. The molecule has 2 aliphatic rings. The zero-order valence-electron chi connectivity index (χ0n) is 14.5. The Bertz CT molecular complexity index is 688. The third-order valence-corrected chi connectivity index (χ3v) is 5.11. The van der Waals surface area contributed by atoms with Gasteiger partial charge in [-0.25, -0.2) is 4.39 Å². The highest BCUT2D eigenvalue weighted by Gasteiger charge is 2.48. The van der Waals surface area contributed by atoms with Gasteiger partial charge in [0.25, 0.3) is 0 Å². The van der Waals surface area contributed by atoms with Gasteiger partial charge in [-0.15, -0.1) is 0 Å². The molecule has 1 atom stereocenters. The zero-order chi connectivity index (χ0) is 18.2. The third kappa shape index (κ3) is 3.39. The number of nitrogens with two attached hydrogens (primary N) is 1. The molecule has 1 saturated heterocycles. The van der Waals surface area contributed by atoms with Gasteiger partial charge in [-0.2, -0.15) is 0 Å². The molecule has 1 saturated carbocycles. The normalized spacial score (nSPS) is 29.3. The molecule has 1 heterocycles. The molecular weight excluding hydrogens is 325 g/mol. The molecule has 1 aliphatic heterocycles. The maximum atomic E-state index is 14.1. The number of carbonyl (C=O) groups excluding carboxylic acids is 2. The Labute approximate surface area is 146 Å². The predicted molar refractivity (Wildman–Crippen MR) is 91.6 cm³/mol. The van der Waals surface area contributed by atoms with Crippen LogP contribution in [0.4, 0.5) is 10.1 Å². The molecule has 6 nitrogen and oxygen atoms in total. The monoisotopic (exact) mass is 349 g/mol. The van der Waals surface area contributed by atoms with Crippen molar-refractivity contribution in [2.45, 2.75) is 50.3 Å². The minimum atomic E-state index is -0.988. The molecular formula is C18H24FN3O3. The summed E-state index contributed by atoms with van der Waals surface area (Å²) in [4.78, 5) is 26.6. The molecule has 1 unspecified atom stereocenters. The number of aryl methyl sites for hydroxylation is 1. The van der Waals surface area contributed by atoms with Crippen molar-refractivity contribution in [3.63, 3.8) is 0 Å². The summed E-state index contributed by atoms with van der Waals surface area (Å²) in [5.74, 6) is -1.08. The second-order valence-corrected chi connectivity index (χ2v) is 7.04. The van der Waals surface area contributed by atoms with Gasteiger partial charge in [0.15, 0.2) is 0 Å². The number of carbonyl (C=O) groups is 2. The molecule has 7 heteroatoms. The van der Waals surface area contributed by atoms with Gasteiger partial charge in [0.1, 0.15) is 17.4 Å². The maximum Gasteiger partial charge on any atom is 0.249 e. The summed E-state index contributed by atoms with van der Waals surface area (Å²) in [6.45, 7) is 2.28. The lowest BCUT2D eigenvalue weighted by atomic mass is 9.74. The van der Waals surface area contributed by atoms with E-state index in [0.717, 1.165) is 5.56 Å². The summed E-state index contributed by atoms with van der Waals surface area (Å²) in [5.41, 5.74) is 6.23. The standard InChI is InChI=1S/C18H24FN3O3/c1-11-5-6-13(19)15(8-11)22-7-3-4-14(16(22)23)21-17(24)18(20)9-12(10-18)25-2/h5-6,8,12,14H,3-4,7,9-10,20H2,1-2H3,(H,21,24). The molecule has 1 aromatic carbocycles. The van der Waals surface area contributed by atoms with Crippen molar-refractivity contribution in [3.8, 4) is 0 Å². The Morgan fingerprint density at radius 2 is 2.16 bits per heavy atom. The summed E-state index contributed by atoms with van der Waals surface area (Å²) in [5, 5.41) is 2.76. The fraction of sp³-hybridized carbons (Fsp3) is 0.556. The van der Waals surface area contributed by atoms with Crippen LogP contribution in [0, 0.1) is 12.7 Å². The highest BCUT2D eigenvalue weighted by Crippen LogP contribution is 2.32. The van der Waals surface area contributed by atoms with Crippen LogP contribution in [0.15, 0.2) is 18.2 Å². The van der Waals surface area contributed by atoms with Crippen LogP contribution in [0.25, 0.3) is 0 Å². The van der Waals surface area contributed by atoms with E-state index in [9.17, 15) is 14.0 Å². The molecule has 1 aromatic rings. The van der Waals surface area contributed by atoms with Gasteiger partial charge in [-0.1, -0.05) is 6.07 Å². The van der Waals surface area contributed by atoms with Crippen molar-refractivity contribution in [3.05, 3.63) is 29.6 Å². The highest BCUT2D eigenvalue weighted by molar-refractivity contribution is 6.01. The van der Waals surface area contributed by atoms with E-state index < -0.39 is 17.4 Å². The van der Waals surface area contributed by atoms with Crippen LogP contribution in [-0.2, 0) is 14.3 Å². The lowest BCUT2D eigenvalue weighted by Gasteiger charge is -2.43. The van der Waals surface area contributed by atoms with Gasteiger partial charge >= 0.3 is 0 Å². The molecule has 1 aliphatic carbocycles. The molecule has 2 fully saturated rings. The van der Waals surface area contributed by atoms with E-state index in [0.29, 0.717) is 32.2 Å². The topological polar surface area (TPSA) is 84.7 Å². The first-order chi connectivity index (χ1) is 11.8. The molecule has 136 valence electrons. The number of hydrogen-bond acceptors (Lipinski definition) is 4. The van der Waals surface area contributed by atoms with Gasteiger partial charge in [0, 0.05) is 26.5 Å². The SMILES string of the molecule is COC1CC(N)(C(=O)NC2CCCN(c3cc(C)ccc3F)C2=O)C1. The highest BCUT2D eigenvalue weighted by atomic mass is 19.1. The third-order valence-electron chi connectivity index (χ3n) is 5.11. The van der Waals surface area contributed by atoms with Crippen molar-refractivity contribution in [2.75, 3.05) is 18.6 Å². The average Bonchev–Trinajstić information content (AvgIpc) is 2.56. The molecule has 3 rings (SSSR count). The smallest absolute Gasteiger partial charge is 0.249 e. The Hall–Kier alpha value is -1.99. The van der Waals surface area contributed by atoms with E-state index >= 15 is 0 Å². The van der Waals surface area contributed by atoms with Gasteiger partial charge in [0.2, 0.25) is 11.8 Å². The van der Waals surface area contributed by atoms with Crippen molar-refractivity contribution in [1.82, 2.24) is 5.32 Å². The van der Waals surface area contributed by atoms with Crippen LogP contribution in [-0.4, -0.2) is 43.2 Å². The van der Waals surface area contributed by atoms with Crippen LogP contribution < -0.4 is 16.0 Å². The number of ether oxygens (including phenoxy) is 1. The molecule has 25 heavy (non-hydrogen) atoms. The fourth-order valence-electron chi connectivity index (χ4n) is 3.48. The lowest BCUT2D eigenvalue weighted by Crippen LogP contribution is -2.66.